The minimum Gasteiger partial charge on any atom is -0.495 e. The quantitative estimate of drug-likeness (QED) is 0.725. The van der Waals surface area contributed by atoms with Gasteiger partial charge in [0.1, 0.15) is 11.4 Å². The molecule has 2 atom stereocenters. The molecule has 0 spiro atoms. The number of hydrogen-bond acceptors (Lipinski definition) is 3. The van der Waals surface area contributed by atoms with Crippen LogP contribution >= 0.6 is 0 Å². The maximum absolute atomic E-state index is 10.1. The Hall–Kier alpha value is -0.540. The van der Waals surface area contributed by atoms with E-state index in [1.54, 1.807) is 14.0 Å². The fraction of sp³-hybridized carbons (Fsp3) is 0.800. The molecule has 3 heteroatoms. The molecule has 1 rings (SSSR count). The highest BCUT2D eigenvalue weighted by atomic mass is 16.5. The summed E-state index contributed by atoms with van der Waals surface area (Å²) >= 11 is 0. The monoisotopic (exact) mass is 186 g/mol. The van der Waals surface area contributed by atoms with Crippen molar-refractivity contribution >= 4 is 0 Å². The molecule has 3 nitrogen and oxygen atoms in total. The van der Waals surface area contributed by atoms with E-state index in [1.165, 1.54) is 0 Å². The molecule has 1 N–H and O–H groups in total. The first-order chi connectivity index (χ1) is 6.09. The minimum atomic E-state index is -1.00. The number of allylic oxidation sites excluding steroid dienone is 1. The maximum atomic E-state index is 10.1. The topological polar surface area (TPSA) is 38.7 Å². The molecule has 0 radical (unpaired) electrons. The molecular formula is C10H18O3. The van der Waals surface area contributed by atoms with E-state index in [0.29, 0.717) is 12.4 Å². The predicted molar refractivity (Wildman–Crippen MR) is 50.4 cm³/mol. The summed E-state index contributed by atoms with van der Waals surface area (Å²) in [5, 5.41) is 10.1. The zero-order valence-corrected chi connectivity index (χ0v) is 8.54. The fourth-order valence-electron chi connectivity index (χ4n) is 1.34. The lowest BCUT2D eigenvalue weighted by molar-refractivity contribution is -0.0812. The van der Waals surface area contributed by atoms with Crippen LogP contribution in [0.2, 0.25) is 0 Å². The molecule has 0 aliphatic carbocycles. The normalized spacial score (nSPS) is 24.2. The van der Waals surface area contributed by atoms with Crippen molar-refractivity contribution in [2.75, 3.05) is 13.7 Å². The summed E-state index contributed by atoms with van der Waals surface area (Å²) in [4.78, 5) is 0. The van der Waals surface area contributed by atoms with E-state index in [9.17, 15) is 5.11 Å². The van der Waals surface area contributed by atoms with Crippen molar-refractivity contribution < 1.29 is 14.6 Å². The third-order valence-corrected chi connectivity index (χ3v) is 2.58. The summed E-state index contributed by atoms with van der Waals surface area (Å²) in [6.07, 6.45) is 3.69. The Bertz CT molecular complexity index is 196. The Morgan fingerprint density at radius 1 is 1.69 bits per heavy atom. The highest BCUT2D eigenvalue weighted by Crippen LogP contribution is 2.26. The molecule has 0 aromatic rings. The van der Waals surface area contributed by atoms with Gasteiger partial charge in [-0.3, -0.25) is 0 Å². The van der Waals surface area contributed by atoms with Crippen LogP contribution in [0.1, 0.15) is 26.7 Å². The second-order valence-electron chi connectivity index (χ2n) is 3.58. The van der Waals surface area contributed by atoms with Gasteiger partial charge in [0.15, 0.2) is 0 Å². The van der Waals surface area contributed by atoms with E-state index in [2.05, 4.69) is 0 Å². The van der Waals surface area contributed by atoms with Crippen LogP contribution in [0.5, 0.6) is 0 Å². The zero-order valence-electron chi connectivity index (χ0n) is 8.54. The predicted octanol–water partition coefficient (Wildman–Crippen LogP) is 1.47. The zero-order chi connectivity index (χ0) is 9.90. The smallest absolute Gasteiger partial charge is 0.144 e. The molecule has 0 bridgehead atoms. The number of ether oxygens (including phenoxy) is 2. The Balaban J connectivity index is 2.72. The lowest BCUT2D eigenvalue weighted by Gasteiger charge is -2.32. The third-order valence-electron chi connectivity index (χ3n) is 2.58. The Labute approximate surface area is 79.3 Å². The van der Waals surface area contributed by atoms with Gasteiger partial charge in [0.2, 0.25) is 0 Å². The lowest BCUT2D eigenvalue weighted by Crippen LogP contribution is -2.42. The number of rotatable bonds is 3. The van der Waals surface area contributed by atoms with Gasteiger partial charge in [0, 0.05) is 7.11 Å². The number of hydrogen-bond donors (Lipinski definition) is 1. The Morgan fingerprint density at radius 3 is 2.85 bits per heavy atom. The minimum absolute atomic E-state index is 0.253. The van der Waals surface area contributed by atoms with Crippen LogP contribution in [0.3, 0.4) is 0 Å². The molecule has 1 heterocycles. The van der Waals surface area contributed by atoms with Crippen molar-refractivity contribution in [2.45, 2.75) is 38.4 Å². The Kier molecular flexibility index (Phi) is 3.33. The molecule has 13 heavy (non-hydrogen) atoms. The molecule has 2 unspecified atom stereocenters. The summed E-state index contributed by atoms with van der Waals surface area (Å²) in [6, 6.07) is 0. The maximum Gasteiger partial charge on any atom is 0.144 e. The fourth-order valence-corrected chi connectivity index (χ4v) is 1.34. The molecule has 1 aliphatic heterocycles. The molecule has 0 amide bonds. The number of methoxy groups -OCH3 is 1. The van der Waals surface area contributed by atoms with Gasteiger partial charge in [0.05, 0.1) is 12.7 Å². The SMILES string of the molecule is COC(C)C(C)(O)C1=CCCCO1. The Morgan fingerprint density at radius 2 is 2.38 bits per heavy atom. The van der Waals surface area contributed by atoms with Gasteiger partial charge >= 0.3 is 0 Å². The van der Waals surface area contributed by atoms with E-state index < -0.39 is 5.60 Å². The highest BCUT2D eigenvalue weighted by Gasteiger charge is 2.35. The van der Waals surface area contributed by atoms with Gasteiger partial charge < -0.3 is 14.6 Å². The van der Waals surface area contributed by atoms with Gasteiger partial charge in [-0.25, -0.2) is 0 Å². The molecule has 0 aromatic carbocycles. The third kappa shape index (κ3) is 2.23. The van der Waals surface area contributed by atoms with E-state index >= 15 is 0 Å². The molecule has 0 aromatic heterocycles. The molecule has 0 fully saturated rings. The van der Waals surface area contributed by atoms with E-state index in [1.807, 2.05) is 13.0 Å². The van der Waals surface area contributed by atoms with Crippen LogP contribution in [-0.4, -0.2) is 30.5 Å². The van der Waals surface area contributed by atoms with Crippen molar-refractivity contribution in [3.05, 3.63) is 11.8 Å². The van der Waals surface area contributed by atoms with Crippen molar-refractivity contribution in [1.29, 1.82) is 0 Å². The first-order valence-electron chi connectivity index (χ1n) is 4.67. The average Bonchev–Trinajstić information content (AvgIpc) is 2.18. The number of aliphatic hydroxyl groups is 1. The molecule has 76 valence electrons. The van der Waals surface area contributed by atoms with Crippen molar-refractivity contribution in [2.24, 2.45) is 0 Å². The molecular weight excluding hydrogens is 168 g/mol. The van der Waals surface area contributed by atoms with Crippen LogP contribution in [0.25, 0.3) is 0 Å². The van der Waals surface area contributed by atoms with Gasteiger partial charge in [-0.15, -0.1) is 0 Å². The summed E-state index contributed by atoms with van der Waals surface area (Å²) in [7, 11) is 1.59. The second kappa shape index (κ2) is 4.11. The first-order valence-corrected chi connectivity index (χ1v) is 4.67. The van der Waals surface area contributed by atoms with Gasteiger partial charge in [0.25, 0.3) is 0 Å². The standard InChI is InChI=1S/C10H18O3/c1-8(12-3)10(2,11)9-6-4-5-7-13-9/h6,8,11H,4-5,7H2,1-3H3. The average molecular weight is 186 g/mol. The highest BCUT2D eigenvalue weighted by molar-refractivity contribution is 5.12. The second-order valence-corrected chi connectivity index (χ2v) is 3.58. The first kappa shape index (κ1) is 10.5. The van der Waals surface area contributed by atoms with E-state index in [0.717, 1.165) is 12.8 Å². The van der Waals surface area contributed by atoms with Crippen LogP contribution < -0.4 is 0 Å². The lowest BCUT2D eigenvalue weighted by atomic mass is 9.95. The van der Waals surface area contributed by atoms with Gasteiger partial charge in [-0.2, -0.15) is 0 Å². The molecule has 0 saturated heterocycles. The van der Waals surface area contributed by atoms with Crippen LogP contribution in [0.4, 0.5) is 0 Å². The summed E-state index contributed by atoms with van der Waals surface area (Å²) in [5.41, 5.74) is -1.00. The van der Waals surface area contributed by atoms with Crippen LogP contribution in [0.15, 0.2) is 11.8 Å². The van der Waals surface area contributed by atoms with Crippen molar-refractivity contribution in [3.8, 4) is 0 Å². The largest absolute Gasteiger partial charge is 0.495 e. The van der Waals surface area contributed by atoms with Gasteiger partial charge in [-0.05, 0) is 32.8 Å². The summed E-state index contributed by atoms with van der Waals surface area (Å²) < 4.78 is 10.5. The van der Waals surface area contributed by atoms with Crippen molar-refractivity contribution in [3.63, 3.8) is 0 Å². The van der Waals surface area contributed by atoms with Crippen molar-refractivity contribution in [1.82, 2.24) is 0 Å². The van der Waals surface area contributed by atoms with Crippen LogP contribution in [-0.2, 0) is 9.47 Å². The molecule has 1 aliphatic rings. The van der Waals surface area contributed by atoms with E-state index in [4.69, 9.17) is 9.47 Å². The van der Waals surface area contributed by atoms with Crippen LogP contribution in [0, 0.1) is 0 Å². The summed E-state index contributed by atoms with van der Waals surface area (Å²) in [6.45, 7) is 4.25. The van der Waals surface area contributed by atoms with E-state index in [-0.39, 0.29) is 6.10 Å². The molecule has 0 saturated carbocycles. The summed E-state index contributed by atoms with van der Waals surface area (Å²) in [5.74, 6) is 0.646. The van der Waals surface area contributed by atoms with Gasteiger partial charge in [-0.1, -0.05) is 0 Å².